The van der Waals surface area contributed by atoms with Gasteiger partial charge in [0.1, 0.15) is 10.6 Å². The molecule has 10 nitrogen and oxygen atoms in total. The number of aromatic nitrogens is 1. The summed E-state index contributed by atoms with van der Waals surface area (Å²) in [5.74, 6) is -1.65. The van der Waals surface area contributed by atoms with Crippen LogP contribution in [0, 0.1) is 0 Å². The molecule has 0 bridgehead atoms. The van der Waals surface area contributed by atoms with Gasteiger partial charge in [0.2, 0.25) is 10.0 Å². The minimum atomic E-state index is -3.65. The zero-order chi connectivity index (χ0) is 19.3. The number of esters is 1. The van der Waals surface area contributed by atoms with E-state index in [1.165, 1.54) is 28.2 Å². The van der Waals surface area contributed by atoms with Gasteiger partial charge in [-0.1, -0.05) is 0 Å². The maximum Gasteiger partial charge on any atom is 0.355 e. The van der Waals surface area contributed by atoms with Crippen molar-refractivity contribution >= 4 is 27.9 Å². The number of carbonyl (C=O) groups excluding carboxylic acids is 3. The van der Waals surface area contributed by atoms with Crippen molar-refractivity contribution in [2.75, 3.05) is 26.2 Å². The van der Waals surface area contributed by atoms with Gasteiger partial charge in [0.25, 0.3) is 5.91 Å². The Hall–Kier alpha value is -2.40. The number of nitrogens with one attached hydrogen (secondary N) is 2. The van der Waals surface area contributed by atoms with Crippen molar-refractivity contribution in [1.29, 1.82) is 0 Å². The molecule has 0 saturated carbocycles. The van der Waals surface area contributed by atoms with E-state index in [-0.39, 0.29) is 10.6 Å². The number of nitrogens with zero attached hydrogens (tertiary/aromatic N) is 2. The summed E-state index contributed by atoms with van der Waals surface area (Å²) in [5, 5.41) is 4.36. The van der Waals surface area contributed by atoms with Crippen LogP contribution < -0.4 is 10.6 Å². The van der Waals surface area contributed by atoms with Crippen LogP contribution >= 0.6 is 0 Å². The molecule has 144 valence electrons. The second kappa shape index (κ2) is 8.32. The minimum Gasteiger partial charge on any atom is -0.451 e. The highest BCUT2D eigenvalue weighted by Crippen LogP contribution is 2.22. The fourth-order valence-corrected chi connectivity index (χ4v) is 4.12. The van der Waals surface area contributed by atoms with E-state index in [1.54, 1.807) is 6.92 Å². The van der Waals surface area contributed by atoms with E-state index in [0.717, 1.165) is 12.8 Å². The molecular weight excluding hydrogens is 364 g/mol. The number of carbonyl (C=O) groups is 3. The Morgan fingerprint density at radius 2 is 1.88 bits per heavy atom. The van der Waals surface area contributed by atoms with E-state index in [4.69, 9.17) is 4.74 Å². The van der Waals surface area contributed by atoms with Crippen LogP contribution in [0.25, 0.3) is 0 Å². The Labute approximate surface area is 151 Å². The Balaban J connectivity index is 2.01. The molecule has 0 atom stereocenters. The summed E-state index contributed by atoms with van der Waals surface area (Å²) < 4.78 is 32.6. The van der Waals surface area contributed by atoms with Gasteiger partial charge in [0.15, 0.2) is 6.61 Å². The smallest absolute Gasteiger partial charge is 0.355 e. The van der Waals surface area contributed by atoms with Crippen LogP contribution in [0.3, 0.4) is 0 Å². The molecule has 2 rings (SSSR count). The molecule has 0 aromatic carbocycles. The molecule has 0 aliphatic carbocycles. The Kier molecular flexibility index (Phi) is 6.37. The number of hydrogen-bond acceptors (Lipinski definition) is 6. The van der Waals surface area contributed by atoms with Gasteiger partial charge in [-0.25, -0.2) is 18.0 Å². The van der Waals surface area contributed by atoms with E-state index in [0.29, 0.717) is 19.6 Å². The standard InChI is InChI=1S/C15H22N4O6S/c1-3-16-15(22)17-13(20)10-25-14(21)12-8-11(9-18(12)2)26(23,24)19-6-4-5-7-19/h8-9H,3-7,10H2,1-2H3,(H2,16,17,20,22). The number of urea groups is 1. The summed E-state index contributed by atoms with van der Waals surface area (Å²) in [7, 11) is -2.15. The summed E-state index contributed by atoms with van der Waals surface area (Å²) in [5.41, 5.74) is -0.00594. The SMILES string of the molecule is CCNC(=O)NC(=O)COC(=O)c1cc(S(=O)(=O)N2CCCC2)cn1C. The second-order valence-corrected chi connectivity index (χ2v) is 7.70. The monoisotopic (exact) mass is 386 g/mol. The molecular formula is C15H22N4O6S. The van der Waals surface area contributed by atoms with E-state index in [9.17, 15) is 22.8 Å². The number of ether oxygens (including phenoxy) is 1. The highest BCUT2D eigenvalue weighted by atomic mass is 32.2. The first kappa shape index (κ1) is 19.9. The second-order valence-electron chi connectivity index (χ2n) is 5.77. The molecule has 1 saturated heterocycles. The lowest BCUT2D eigenvalue weighted by Crippen LogP contribution is -2.41. The van der Waals surface area contributed by atoms with Crippen LogP contribution in [-0.4, -0.2) is 61.4 Å². The molecule has 3 amide bonds. The fraction of sp³-hybridized carbons (Fsp3) is 0.533. The van der Waals surface area contributed by atoms with Crippen LogP contribution in [0.5, 0.6) is 0 Å². The molecule has 0 radical (unpaired) electrons. The highest BCUT2D eigenvalue weighted by Gasteiger charge is 2.29. The average Bonchev–Trinajstić information content (AvgIpc) is 3.23. The topological polar surface area (TPSA) is 127 Å². The van der Waals surface area contributed by atoms with Gasteiger partial charge >= 0.3 is 12.0 Å². The fourth-order valence-electron chi connectivity index (χ4n) is 2.53. The Morgan fingerprint density at radius 1 is 1.23 bits per heavy atom. The summed E-state index contributed by atoms with van der Waals surface area (Å²) in [6.45, 7) is 2.28. The van der Waals surface area contributed by atoms with Gasteiger partial charge in [-0.2, -0.15) is 4.31 Å². The van der Waals surface area contributed by atoms with E-state index >= 15 is 0 Å². The maximum atomic E-state index is 12.5. The van der Waals surface area contributed by atoms with Gasteiger partial charge in [-0.15, -0.1) is 0 Å². The maximum absolute atomic E-state index is 12.5. The third-order valence-corrected chi connectivity index (χ3v) is 5.68. The van der Waals surface area contributed by atoms with Gasteiger partial charge in [-0.05, 0) is 25.8 Å². The number of aryl methyl sites for hydroxylation is 1. The molecule has 0 spiro atoms. The van der Waals surface area contributed by atoms with E-state index < -0.39 is 34.5 Å². The Morgan fingerprint density at radius 3 is 2.50 bits per heavy atom. The zero-order valence-electron chi connectivity index (χ0n) is 14.6. The number of rotatable bonds is 6. The van der Waals surface area contributed by atoms with E-state index in [2.05, 4.69) is 5.32 Å². The molecule has 11 heteroatoms. The predicted octanol–water partition coefficient (Wildman–Crippen LogP) is -0.188. The number of sulfonamides is 1. The van der Waals surface area contributed by atoms with Crippen molar-refractivity contribution in [2.24, 2.45) is 7.05 Å². The quantitative estimate of drug-likeness (QED) is 0.653. The lowest BCUT2D eigenvalue weighted by molar-refractivity contribution is -0.123. The van der Waals surface area contributed by atoms with Crippen molar-refractivity contribution in [2.45, 2.75) is 24.7 Å². The summed E-state index contributed by atoms with van der Waals surface area (Å²) in [6, 6.07) is 0.531. The molecule has 1 aromatic heterocycles. The molecule has 26 heavy (non-hydrogen) atoms. The number of amides is 3. The van der Waals surface area contributed by atoms with Crippen molar-refractivity contribution in [3.63, 3.8) is 0 Å². The normalized spacial score (nSPS) is 14.8. The number of imide groups is 1. The van der Waals surface area contributed by atoms with Gasteiger partial charge in [-0.3, -0.25) is 10.1 Å². The lowest BCUT2D eigenvalue weighted by atomic mass is 10.4. The average molecular weight is 386 g/mol. The van der Waals surface area contributed by atoms with Crippen LogP contribution in [0.2, 0.25) is 0 Å². The third kappa shape index (κ3) is 4.61. The number of hydrogen-bond donors (Lipinski definition) is 2. The van der Waals surface area contributed by atoms with Gasteiger partial charge < -0.3 is 14.6 Å². The highest BCUT2D eigenvalue weighted by molar-refractivity contribution is 7.89. The molecule has 2 heterocycles. The minimum absolute atomic E-state index is 0.000579. The zero-order valence-corrected chi connectivity index (χ0v) is 15.5. The largest absolute Gasteiger partial charge is 0.451 e. The van der Waals surface area contributed by atoms with Crippen molar-refractivity contribution in [1.82, 2.24) is 19.5 Å². The van der Waals surface area contributed by atoms with Crippen LogP contribution in [0.4, 0.5) is 4.79 Å². The van der Waals surface area contributed by atoms with E-state index in [1.807, 2.05) is 5.32 Å². The van der Waals surface area contributed by atoms with Gasteiger partial charge in [0.05, 0.1) is 0 Å². The van der Waals surface area contributed by atoms with Gasteiger partial charge in [0, 0.05) is 32.9 Å². The van der Waals surface area contributed by atoms with Crippen LogP contribution in [-0.2, 0) is 26.6 Å². The third-order valence-electron chi connectivity index (χ3n) is 3.82. The summed E-state index contributed by atoms with van der Waals surface area (Å²) in [4.78, 5) is 34.8. The molecule has 1 aromatic rings. The molecule has 1 fully saturated rings. The van der Waals surface area contributed by atoms with Crippen LogP contribution in [0.15, 0.2) is 17.2 Å². The first-order valence-electron chi connectivity index (χ1n) is 8.17. The molecule has 1 aliphatic heterocycles. The summed E-state index contributed by atoms with van der Waals surface area (Å²) >= 11 is 0. The lowest BCUT2D eigenvalue weighted by Gasteiger charge is -2.13. The first-order chi connectivity index (χ1) is 12.3. The molecule has 1 aliphatic rings. The van der Waals surface area contributed by atoms with Crippen LogP contribution in [0.1, 0.15) is 30.3 Å². The van der Waals surface area contributed by atoms with Crippen molar-refractivity contribution in [3.8, 4) is 0 Å². The van der Waals surface area contributed by atoms with Crippen molar-refractivity contribution < 1.29 is 27.5 Å². The molecule has 0 unspecified atom stereocenters. The Bertz CT molecular complexity index is 795. The van der Waals surface area contributed by atoms with Crippen molar-refractivity contribution in [3.05, 3.63) is 18.0 Å². The summed E-state index contributed by atoms with van der Waals surface area (Å²) in [6.07, 6.45) is 2.95. The molecule has 2 N–H and O–H groups in total. The first-order valence-corrected chi connectivity index (χ1v) is 9.61. The predicted molar refractivity (Wildman–Crippen MR) is 90.9 cm³/mol.